The first-order valence-electron chi connectivity index (χ1n) is 8.74. The van der Waals surface area contributed by atoms with E-state index in [0.717, 1.165) is 24.2 Å². The molecular formula is C21H21F3N2O. The number of rotatable bonds is 3. The van der Waals surface area contributed by atoms with Crippen molar-refractivity contribution in [3.63, 3.8) is 0 Å². The molecule has 1 unspecified atom stereocenters. The molecule has 1 fully saturated rings. The minimum absolute atomic E-state index is 0.0800. The molecule has 0 aromatic heterocycles. The van der Waals surface area contributed by atoms with Gasteiger partial charge in [-0.1, -0.05) is 42.5 Å². The minimum Gasteiger partial charge on any atom is -0.330 e. The molecule has 142 valence electrons. The second kappa shape index (κ2) is 7.96. The van der Waals surface area contributed by atoms with E-state index in [1.165, 1.54) is 18.2 Å². The van der Waals surface area contributed by atoms with Gasteiger partial charge in [-0.3, -0.25) is 4.79 Å². The normalized spacial score (nSPS) is 18.8. The summed E-state index contributed by atoms with van der Waals surface area (Å²) in [6, 6.07) is 14.7. The molecule has 0 bridgehead atoms. The van der Waals surface area contributed by atoms with Gasteiger partial charge in [-0.25, -0.2) is 0 Å². The van der Waals surface area contributed by atoms with Crippen LogP contribution in [-0.4, -0.2) is 42.4 Å². The molecule has 3 nitrogen and oxygen atoms in total. The van der Waals surface area contributed by atoms with Gasteiger partial charge in [0.2, 0.25) is 5.91 Å². The molecule has 2 aromatic rings. The number of piperazine rings is 1. The van der Waals surface area contributed by atoms with Crippen LogP contribution in [0.15, 0.2) is 60.7 Å². The van der Waals surface area contributed by atoms with Crippen LogP contribution < -0.4 is 0 Å². The Labute approximate surface area is 156 Å². The Morgan fingerprint density at radius 2 is 1.81 bits per heavy atom. The van der Waals surface area contributed by atoms with Crippen molar-refractivity contribution < 1.29 is 18.0 Å². The zero-order chi connectivity index (χ0) is 19.4. The van der Waals surface area contributed by atoms with Crippen LogP contribution in [0.3, 0.4) is 0 Å². The van der Waals surface area contributed by atoms with Gasteiger partial charge in [0, 0.05) is 25.7 Å². The van der Waals surface area contributed by atoms with Gasteiger partial charge in [-0.15, -0.1) is 0 Å². The second-order valence-corrected chi connectivity index (χ2v) is 6.68. The number of carbonyl (C=O) groups is 1. The summed E-state index contributed by atoms with van der Waals surface area (Å²) in [6.45, 7) is 2.04. The van der Waals surface area contributed by atoms with Gasteiger partial charge in [-0.05, 0) is 36.4 Å². The standard InChI is InChI=1S/C21H21F3N2O/c1-25-12-13-26(19(15-25)17-7-3-2-4-8-17)20(27)11-10-16-6-5-9-18(14-16)21(22,23)24/h2-11,14,19H,12-13,15H2,1H3. The molecule has 0 spiro atoms. The number of nitrogens with zero attached hydrogens (tertiary/aromatic N) is 2. The number of amides is 1. The van der Waals surface area contributed by atoms with Crippen molar-refractivity contribution >= 4 is 12.0 Å². The zero-order valence-corrected chi connectivity index (χ0v) is 15.0. The van der Waals surface area contributed by atoms with Crippen LogP contribution in [-0.2, 0) is 11.0 Å². The van der Waals surface area contributed by atoms with E-state index in [0.29, 0.717) is 18.7 Å². The van der Waals surface area contributed by atoms with Crippen LogP contribution in [0.4, 0.5) is 13.2 Å². The van der Waals surface area contributed by atoms with E-state index in [1.807, 2.05) is 37.4 Å². The first-order valence-corrected chi connectivity index (χ1v) is 8.74. The van der Waals surface area contributed by atoms with Gasteiger partial charge in [0.25, 0.3) is 0 Å². The Bertz CT molecular complexity index is 818. The van der Waals surface area contributed by atoms with Gasteiger partial charge in [0.15, 0.2) is 0 Å². The van der Waals surface area contributed by atoms with Crippen LogP contribution in [0, 0.1) is 0 Å². The summed E-state index contributed by atoms with van der Waals surface area (Å²) in [7, 11) is 2.01. The van der Waals surface area contributed by atoms with Crippen molar-refractivity contribution in [3.05, 3.63) is 77.4 Å². The van der Waals surface area contributed by atoms with E-state index < -0.39 is 11.7 Å². The predicted octanol–water partition coefficient (Wildman–Crippen LogP) is 4.23. The minimum atomic E-state index is -4.40. The maximum absolute atomic E-state index is 12.8. The third kappa shape index (κ3) is 4.77. The van der Waals surface area contributed by atoms with Gasteiger partial charge in [0.1, 0.15) is 0 Å². The van der Waals surface area contributed by atoms with Gasteiger partial charge in [-0.2, -0.15) is 13.2 Å². The van der Waals surface area contributed by atoms with Crippen LogP contribution in [0.2, 0.25) is 0 Å². The number of hydrogen-bond acceptors (Lipinski definition) is 2. The molecule has 1 aliphatic rings. The lowest BCUT2D eigenvalue weighted by molar-refractivity contribution is -0.137. The van der Waals surface area contributed by atoms with Crippen molar-refractivity contribution in [2.24, 2.45) is 0 Å². The highest BCUT2D eigenvalue weighted by Gasteiger charge is 2.31. The third-order valence-electron chi connectivity index (χ3n) is 4.68. The van der Waals surface area contributed by atoms with E-state index in [-0.39, 0.29) is 11.9 Å². The fraction of sp³-hybridized carbons (Fsp3) is 0.286. The van der Waals surface area contributed by atoms with E-state index in [9.17, 15) is 18.0 Å². The van der Waals surface area contributed by atoms with Crippen LogP contribution >= 0.6 is 0 Å². The molecule has 0 saturated carbocycles. The van der Waals surface area contributed by atoms with E-state index >= 15 is 0 Å². The quantitative estimate of drug-likeness (QED) is 0.751. The van der Waals surface area contributed by atoms with Crippen molar-refractivity contribution in [2.75, 3.05) is 26.7 Å². The molecule has 2 aromatic carbocycles. The number of alkyl halides is 3. The maximum Gasteiger partial charge on any atom is 0.416 e. The molecule has 1 saturated heterocycles. The SMILES string of the molecule is CN1CCN(C(=O)C=Cc2cccc(C(F)(F)F)c2)C(c2ccccc2)C1. The fourth-order valence-electron chi connectivity index (χ4n) is 3.23. The van der Waals surface area contributed by atoms with Gasteiger partial charge < -0.3 is 9.80 Å². The summed E-state index contributed by atoms with van der Waals surface area (Å²) in [6.07, 6.45) is -1.60. The number of benzene rings is 2. The van der Waals surface area contributed by atoms with Crippen molar-refractivity contribution in [2.45, 2.75) is 12.2 Å². The highest BCUT2D eigenvalue weighted by molar-refractivity contribution is 5.92. The average Bonchev–Trinajstić information content (AvgIpc) is 2.66. The first-order chi connectivity index (χ1) is 12.8. The van der Waals surface area contributed by atoms with Crippen molar-refractivity contribution in [1.82, 2.24) is 9.80 Å². The summed E-state index contributed by atoms with van der Waals surface area (Å²) < 4.78 is 38.5. The zero-order valence-electron chi connectivity index (χ0n) is 15.0. The second-order valence-electron chi connectivity index (χ2n) is 6.68. The molecule has 0 N–H and O–H groups in total. The summed E-state index contributed by atoms with van der Waals surface area (Å²) in [4.78, 5) is 16.7. The molecule has 1 atom stereocenters. The monoisotopic (exact) mass is 374 g/mol. The van der Waals surface area contributed by atoms with E-state index in [4.69, 9.17) is 0 Å². The molecule has 1 heterocycles. The molecule has 1 aliphatic heterocycles. The Morgan fingerprint density at radius 1 is 1.07 bits per heavy atom. The molecule has 0 aliphatic carbocycles. The Hall–Kier alpha value is -2.60. The smallest absolute Gasteiger partial charge is 0.330 e. The summed E-state index contributed by atoms with van der Waals surface area (Å²) in [5.74, 6) is -0.200. The largest absolute Gasteiger partial charge is 0.416 e. The lowest BCUT2D eigenvalue weighted by Crippen LogP contribution is -2.48. The summed E-state index contributed by atoms with van der Waals surface area (Å²) >= 11 is 0. The Balaban J connectivity index is 1.79. The first kappa shape index (κ1) is 19.2. The third-order valence-corrected chi connectivity index (χ3v) is 4.68. The lowest BCUT2D eigenvalue weighted by Gasteiger charge is -2.40. The summed E-state index contributed by atoms with van der Waals surface area (Å²) in [5.41, 5.74) is 0.673. The summed E-state index contributed by atoms with van der Waals surface area (Å²) in [5, 5.41) is 0. The van der Waals surface area contributed by atoms with Crippen LogP contribution in [0.5, 0.6) is 0 Å². The van der Waals surface area contributed by atoms with E-state index in [1.54, 1.807) is 11.0 Å². The van der Waals surface area contributed by atoms with Gasteiger partial charge >= 0.3 is 6.18 Å². The molecule has 0 radical (unpaired) electrons. The van der Waals surface area contributed by atoms with Crippen molar-refractivity contribution in [1.29, 1.82) is 0 Å². The Morgan fingerprint density at radius 3 is 2.52 bits per heavy atom. The van der Waals surface area contributed by atoms with Crippen LogP contribution in [0.1, 0.15) is 22.7 Å². The van der Waals surface area contributed by atoms with Gasteiger partial charge in [0.05, 0.1) is 11.6 Å². The van der Waals surface area contributed by atoms with Crippen LogP contribution in [0.25, 0.3) is 6.08 Å². The molecule has 3 rings (SSSR count). The van der Waals surface area contributed by atoms with E-state index in [2.05, 4.69) is 4.90 Å². The topological polar surface area (TPSA) is 23.6 Å². The maximum atomic E-state index is 12.8. The highest BCUT2D eigenvalue weighted by Crippen LogP contribution is 2.30. The lowest BCUT2D eigenvalue weighted by atomic mass is 10.0. The molecule has 6 heteroatoms. The number of hydrogen-bond donors (Lipinski definition) is 0. The fourth-order valence-corrected chi connectivity index (χ4v) is 3.23. The number of carbonyl (C=O) groups excluding carboxylic acids is 1. The Kier molecular flexibility index (Phi) is 5.65. The molecule has 27 heavy (non-hydrogen) atoms. The molecular weight excluding hydrogens is 353 g/mol. The number of halogens is 3. The predicted molar refractivity (Wildman–Crippen MR) is 98.9 cm³/mol. The van der Waals surface area contributed by atoms with Crippen molar-refractivity contribution in [3.8, 4) is 0 Å². The number of likely N-dealkylation sites (N-methyl/N-ethyl adjacent to an activating group) is 1. The highest BCUT2D eigenvalue weighted by atomic mass is 19.4. The average molecular weight is 374 g/mol. The molecule has 1 amide bonds.